The molecule has 1 heterocycles. The molecule has 0 radical (unpaired) electrons. The van der Waals surface area contributed by atoms with E-state index < -0.39 is 18.1 Å². The van der Waals surface area contributed by atoms with E-state index in [4.69, 9.17) is 16.3 Å². The number of hydrogen-bond acceptors (Lipinski definition) is 3. The molecule has 0 saturated carbocycles. The molecule has 0 aliphatic carbocycles. The maximum absolute atomic E-state index is 11.7. The van der Waals surface area contributed by atoms with Crippen LogP contribution in [0.5, 0.6) is 11.5 Å². The van der Waals surface area contributed by atoms with Crippen LogP contribution in [0.25, 0.3) is 0 Å². The zero-order valence-electron chi connectivity index (χ0n) is 11.1. The maximum Gasteiger partial charge on any atom is 0.413 e. The van der Waals surface area contributed by atoms with Gasteiger partial charge in [-0.3, -0.25) is 4.90 Å². The number of aliphatic carboxylic acids is 1. The lowest BCUT2D eigenvalue weighted by Gasteiger charge is -2.25. The first-order valence-electron chi connectivity index (χ1n) is 6.30. The van der Waals surface area contributed by atoms with Crippen molar-refractivity contribution in [3.8, 4) is 11.5 Å². The first-order chi connectivity index (χ1) is 10.5. The average molecular weight is 320 g/mol. The van der Waals surface area contributed by atoms with Gasteiger partial charge < -0.3 is 14.9 Å². The number of carbonyl (C=O) groups is 2. The lowest BCUT2D eigenvalue weighted by Crippen LogP contribution is -2.37. The van der Waals surface area contributed by atoms with Crippen LogP contribution in [0.4, 0.5) is 10.5 Å². The van der Waals surface area contributed by atoms with Crippen molar-refractivity contribution in [2.75, 3.05) is 4.90 Å². The van der Waals surface area contributed by atoms with Crippen molar-refractivity contribution >= 4 is 29.4 Å². The molecule has 1 atom stereocenters. The fraction of sp³-hybridized carbons (Fsp3) is 0.0667. The van der Waals surface area contributed by atoms with E-state index in [2.05, 4.69) is 0 Å². The summed E-state index contributed by atoms with van der Waals surface area (Å²) >= 11 is 5.92. The Labute approximate surface area is 130 Å². The summed E-state index contributed by atoms with van der Waals surface area (Å²) in [6.07, 6.45) is -1.41. The van der Waals surface area contributed by atoms with Crippen LogP contribution in [-0.4, -0.2) is 22.3 Å². The average Bonchev–Trinajstić information content (AvgIpc) is 2.61. The topological polar surface area (TPSA) is 87.1 Å². The fourth-order valence-corrected chi connectivity index (χ4v) is 2.58. The number of amides is 1. The van der Waals surface area contributed by atoms with E-state index in [0.717, 1.165) is 4.90 Å². The van der Waals surface area contributed by atoms with Gasteiger partial charge in [0, 0.05) is 10.6 Å². The number of hydrogen-bond donors (Lipinski definition) is 2. The molecule has 1 aliphatic rings. The Morgan fingerprint density at radius 2 is 1.82 bits per heavy atom. The van der Waals surface area contributed by atoms with Crippen molar-refractivity contribution in [3.63, 3.8) is 0 Å². The number of fused-ring (bicyclic) bond motifs is 2. The Hall–Kier alpha value is -2.73. The van der Waals surface area contributed by atoms with Gasteiger partial charge in [-0.25, -0.2) is 9.59 Å². The molecule has 22 heavy (non-hydrogen) atoms. The van der Waals surface area contributed by atoms with E-state index in [-0.39, 0.29) is 22.0 Å². The van der Waals surface area contributed by atoms with Gasteiger partial charge in [-0.1, -0.05) is 29.8 Å². The predicted molar refractivity (Wildman–Crippen MR) is 78.8 cm³/mol. The number of anilines is 1. The van der Waals surface area contributed by atoms with Crippen LogP contribution >= 0.6 is 11.6 Å². The summed E-state index contributed by atoms with van der Waals surface area (Å²) in [6, 6.07) is 9.43. The Kier molecular flexibility index (Phi) is 3.38. The van der Waals surface area contributed by atoms with Gasteiger partial charge in [0.1, 0.15) is 5.75 Å². The molecule has 0 saturated heterocycles. The van der Waals surface area contributed by atoms with Gasteiger partial charge in [0.2, 0.25) is 0 Å². The smallest absolute Gasteiger partial charge is 0.413 e. The van der Waals surface area contributed by atoms with Crippen molar-refractivity contribution in [1.82, 2.24) is 0 Å². The SMILES string of the molecule is O=C(O)C1c2ccccc2Oc2ccc(Cl)cc2N1C(=O)O. The molecule has 1 unspecified atom stereocenters. The van der Waals surface area contributed by atoms with Crippen LogP contribution in [0.3, 0.4) is 0 Å². The van der Waals surface area contributed by atoms with E-state index >= 15 is 0 Å². The van der Waals surface area contributed by atoms with Crippen LogP contribution in [-0.2, 0) is 4.79 Å². The summed E-state index contributed by atoms with van der Waals surface area (Å²) in [5.74, 6) is -0.781. The minimum Gasteiger partial charge on any atom is -0.479 e. The normalized spacial score (nSPS) is 16.0. The van der Waals surface area contributed by atoms with Crippen LogP contribution in [0.1, 0.15) is 11.6 Å². The third-order valence-corrected chi connectivity index (χ3v) is 3.55. The largest absolute Gasteiger partial charge is 0.479 e. The Morgan fingerprint density at radius 1 is 1.09 bits per heavy atom. The fourth-order valence-electron chi connectivity index (χ4n) is 2.42. The molecule has 2 aromatic carbocycles. The number of benzene rings is 2. The molecule has 2 N–H and O–H groups in total. The van der Waals surface area contributed by atoms with Crippen molar-refractivity contribution in [2.45, 2.75) is 6.04 Å². The molecular weight excluding hydrogens is 310 g/mol. The van der Waals surface area contributed by atoms with Gasteiger partial charge in [-0.15, -0.1) is 0 Å². The molecule has 0 spiro atoms. The molecule has 7 heteroatoms. The summed E-state index contributed by atoms with van der Waals surface area (Å²) < 4.78 is 5.69. The number of para-hydroxylation sites is 1. The molecule has 1 aliphatic heterocycles. The minimum atomic E-state index is -1.42. The molecule has 112 valence electrons. The van der Waals surface area contributed by atoms with Gasteiger partial charge in [-0.05, 0) is 24.3 Å². The summed E-state index contributed by atoms with van der Waals surface area (Å²) in [4.78, 5) is 24.1. The predicted octanol–water partition coefficient (Wildman–Crippen LogP) is 3.76. The van der Waals surface area contributed by atoms with Gasteiger partial charge in [-0.2, -0.15) is 0 Å². The number of halogens is 1. The monoisotopic (exact) mass is 319 g/mol. The summed E-state index contributed by atoms with van der Waals surface area (Å²) in [5.41, 5.74) is 0.341. The Bertz CT molecular complexity index is 776. The zero-order valence-corrected chi connectivity index (χ0v) is 11.8. The lowest BCUT2D eigenvalue weighted by atomic mass is 10.0. The number of carboxylic acid groups (broad SMARTS) is 2. The number of nitrogens with zero attached hydrogens (tertiary/aromatic N) is 1. The quantitative estimate of drug-likeness (QED) is 0.835. The Morgan fingerprint density at radius 3 is 2.50 bits per heavy atom. The van der Waals surface area contributed by atoms with E-state index in [1.165, 1.54) is 18.2 Å². The molecule has 0 aromatic heterocycles. The third-order valence-electron chi connectivity index (χ3n) is 3.31. The summed E-state index contributed by atoms with van der Waals surface area (Å²) in [6.45, 7) is 0. The van der Waals surface area contributed by atoms with E-state index in [0.29, 0.717) is 5.75 Å². The van der Waals surface area contributed by atoms with Gasteiger partial charge in [0.15, 0.2) is 11.8 Å². The van der Waals surface area contributed by atoms with Crippen LogP contribution in [0.2, 0.25) is 5.02 Å². The molecule has 0 bridgehead atoms. The van der Waals surface area contributed by atoms with Crippen LogP contribution in [0.15, 0.2) is 42.5 Å². The van der Waals surface area contributed by atoms with Gasteiger partial charge >= 0.3 is 12.1 Å². The second-order valence-electron chi connectivity index (χ2n) is 4.65. The second kappa shape index (κ2) is 5.23. The molecule has 0 fully saturated rings. The number of carboxylic acids is 1. The second-order valence-corrected chi connectivity index (χ2v) is 5.08. The molecular formula is C15H10ClNO5. The highest BCUT2D eigenvalue weighted by Gasteiger charge is 2.38. The van der Waals surface area contributed by atoms with Crippen molar-refractivity contribution in [2.24, 2.45) is 0 Å². The first kappa shape index (κ1) is 14.2. The minimum absolute atomic E-state index is 0.0867. The van der Waals surface area contributed by atoms with Crippen LogP contribution < -0.4 is 9.64 Å². The van der Waals surface area contributed by atoms with Gasteiger partial charge in [0.25, 0.3) is 0 Å². The number of rotatable bonds is 1. The van der Waals surface area contributed by atoms with Crippen LogP contribution in [0, 0.1) is 0 Å². The summed E-state index contributed by atoms with van der Waals surface area (Å²) in [7, 11) is 0. The number of ether oxygens (including phenoxy) is 1. The van der Waals surface area contributed by atoms with Crippen molar-refractivity contribution < 1.29 is 24.5 Å². The van der Waals surface area contributed by atoms with E-state index in [9.17, 15) is 19.8 Å². The molecule has 3 rings (SSSR count). The highest BCUT2D eigenvalue weighted by molar-refractivity contribution is 6.31. The maximum atomic E-state index is 11.7. The summed E-state index contributed by atoms with van der Waals surface area (Å²) in [5, 5.41) is 19.3. The first-order valence-corrected chi connectivity index (χ1v) is 6.68. The lowest BCUT2D eigenvalue weighted by molar-refractivity contribution is -0.138. The standard InChI is InChI=1S/C15H10ClNO5/c16-8-5-6-12-10(7-8)17(15(20)21)13(14(18)19)9-3-1-2-4-11(9)22-12/h1-7,13H,(H,18,19)(H,20,21). The van der Waals surface area contributed by atoms with Crippen molar-refractivity contribution in [1.29, 1.82) is 0 Å². The molecule has 2 aromatic rings. The highest BCUT2D eigenvalue weighted by Crippen LogP contribution is 2.45. The highest BCUT2D eigenvalue weighted by atomic mass is 35.5. The van der Waals surface area contributed by atoms with E-state index in [1.54, 1.807) is 24.3 Å². The Balaban J connectivity index is 2.32. The third kappa shape index (κ3) is 2.23. The zero-order chi connectivity index (χ0) is 15.9. The molecule has 6 nitrogen and oxygen atoms in total. The van der Waals surface area contributed by atoms with Crippen molar-refractivity contribution in [3.05, 3.63) is 53.1 Å². The van der Waals surface area contributed by atoms with Gasteiger partial charge in [0.05, 0.1) is 5.69 Å². The van der Waals surface area contributed by atoms with E-state index in [1.807, 2.05) is 0 Å². The molecule has 1 amide bonds.